The number of H-pyrrole nitrogens is 1. The predicted molar refractivity (Wildman–Crippen MR) is 39.0 cm³/mol. The molecule has 0 bridgehead atoms. The molecule has 0 spiro atoms. The number of aromatic nitrogens is 1. The Bertz CT molecular complexity index is 297. The molecule has 0 aromatic carbocycles. The minimum atomic E-state index is -0.304. The summed E-state index contributed by atoms with van der Waals surface area (Å²) in [6, 6.07) is 0. The SMILES string of the molecule is O=c1o[nH]c(C2CC2)c1Br. The molecule has 1 aromatic heterocycles. The number of aromatic amines is 1. The van der Waals surface area contributed by atoms with Crippen molar-refractivity contribution >= 4 is 15.9 Å². The van der Waals surface area contributed by atoms with Crippen LogP contribution in [-0.2, 0) is 0 Å². The number of hydrogen-bond acceptors (Lipinski definition) is 2. The van der Waals surface area contributed by atoms with Gasteiger partial charge < -0.3 is 4.52 Å². The molecule has 2 rings (SSSR count). The maximum Gasteiger partial charge on any atom is 0.371 e. The van der Waals surface area contributed by atoms with Crippen LogP contribution in [0.15, 0.2) is 13.8 Å². The number of hydrogen-bond donors (Lipinski definition) is 1. The molecule has 0 saturated heterocycles. The summed E-state index contributed by atoms with van der Waals surface area (Å²) in [6.45, 7) is 0. The Morgan fingerprint density at radius 3 is 2.70 bits per heavy atom. The molecule has 0 atom stereocenters. The van der Waals surface area contributed by atoms with Crippen LogP contribution in [0.25, 0.3) is 0 Å². The van der Waals surface area contributed by atoms with Crippen LogP contribution in [0, 0.1) is 0 Å². The number of nitrogens with one attached hydrogen (secondary N) is 1. The summed E-state index contributed by atoms with van der Waals surface area (Å²) in [5, 5.41) is 2.60. The minimum Gasteiger partial charge on any atom is -0.338 e. The van der Waals surface area contributed by atoms with Crippen molar-refractivity contribution in [2.75, 3.05) is 0 Å². The summed E-state index contributed by atoms with van der Waals surface area (Å²) in [5.41, 5.74) is 0.618. The zero-order valence-corrected chi connectivity index (χ0v) is 6.77. The van der Waals surface area contributed by atoms with E-state index in [0.29, 0.717) is 10.4 Å². The Balaban J connectivity index is 2.49. The summed E-state index contributed by atoms with van der Waals surface area (Å²) in [4.78, 5) is 10.7. The Morgan fingerprint density at radius 2 is 2.30 bits per heavy atom. The lowest BCUT2D eigenvalue weighted by Crippen LogP contribution is -1.91. The van der Waals surface area contributed by atoms with Gasteiger partial charge in [0.1, 0.15) is 4.47 Å². The monoisotopic (exact) mass is 203 g/mol. The van der Waals surface area contributed by atoms with Gasteiger partial charge in [-0.05, 0) is 28.8 Å². The molecule has 0 aliphatic heterocycles. The highest BCUT2D eigenvalue weighted by Crippen LogP contribution is 2.41. The maximum absolute atomic E-state index is 10.7. The van der Waals surface area contributed by atoms with Gasteiger partial charge in [0.25, 0.3) is 0 Å². The van der Waals surface area contributed by atoms with Gasteiger partial charge in [0.05, 0.1) is 5.69 Å². The van der Waals surface area contributed by atoms with Crippen molar-refractivity contribution in [1.82, 2.24) is 5.16 Å². The molecule has 1 aromatic rings. The van der Waals surface area contributed by atoms with E-state index in [2.05, 4.69) is 25.6 Å². The van der Waals surface area contributed by atoms with Gasteiger partial charge in [0.2, 0.25) is 0 Å². The molecule has 3 nitrogen and oxygen atoms in total. The second-order valence-corrected chi connectivity index (χ2v) is 3.29. The smallest absolute Gasteiger partial charge is 0.338 e. The highest BCUT2D eigenvalue weighted by atomic mass is 79.9. The molecule has 0 amide bonds. The molecule has 1 fully saturated rings. The van der Waals surface area contributed by atoms with E-state index < -0.39 is 0 Å². The fourth-order valence-corrected chi connectivity index (χ4v) is 1.42. The molecule has 1 N–H and O–H groups in total. The van der Waals surface area contributed by atoms with E-state index in [0.717, 1.165) is 18.5 Å². The third-order valence-corrected chi connectivity index (χ3v) is 2.41. The molecule has 0 radical (unpaired) electrons. The van der Waals surface area contributed by atoms with Crippen LogP contribution in [0.5, 0.6) is 0 Å². The van der Waals surface area contributed by atoms with E-state index in [1.54, 1.807) is 0 Å². The first kappa shape index (κ1) is 6.22. The molecule has 1 heterocycles. The van der Waals surface area contributed by atoms with E-state index in [9.17, 15) is 4.79 Å². The molecular formula is C6H6BrNO2. The van der Waals surface area contributed by atoms with E-state index in [-0.39, 0.29) is 5.63 Å². The van der Waals surface area contributed by atoms with Crippen LogP contribution in [0.1, 0.15) is 24.5 Å². The first-order valence-corrected chi connectivity index (χ1v) is 3.95. The molecule has 1 aliphatic carbocycles. The molecule has 1 aliphatic rings. The predicted octanol–water partition coefficient (Wildman–Crippen LogP) is 1.61. The molecule has 1 saturated carbocycles. The fourth-order valence-electron chi connectivity index (χ4n) is 0.935. The van der Waals surface area contributed by atoms with E-state index in [1.165, 1.54) is 0 Å². The standard InChI is InChI=1S/C6H6BrNO2/c7-4-5(3-1-2-3)8-10-6(4)9/h3,8H,1-2H2. The Labute approximate surface area is 65.5 Å². The zero-order chi connectivity index (χ0) is 7.14. The van der Waals surface area contributed by atoms with Gasteiger partial charge in [-0.25, -0.2) is 9.95 Å². The van der Waals surface area contributed by atoms with Gasteiger partial charge in [-0.2, -0.15) is 0 Å². The topological polar surface area (TPSA) is 46.0 Å². The summed E-state index contributed by atoms with van der Waals surface area (Å²) >= 11 is 3.15. The second-order valence-electron chi connectivity index (χ2n) is 2.49. The van der Waals surface area contributed by atoms with Crippen molar-refractivity contribution in [2.45, 2.75) is 18.8 Å². The lowest BCUT2D eigenvalue weighted by molar-refractivity contribution is 0.384. The summed E-state index contributed by atoms with van der Waals surface area (Å²) in [7, 11) is 0. The Morgan fingerprint density at radius 1 is 1.60 bits per heavy atom. The van der Waals surface area contributed by atoms with Crippen molar-refractivity contribution in [3.63, 3.8) is 0 Å². The average Bonchev–Trinajstić information content (AvgIpc) is 2.67. The molecule has 0 unspecified atom stereocenters. The van der Waals surface area contributed by atoms with Crippen LogP contribution in [0.3, 0.4) is 0 Å². The van der Waals surface area contributed by atoms with Crippen LogP contribution >= 0.6 is 15.9 Å². The van der Waals surface area contributed by atoms with Crippen LogP contribution in [-0.4, -0.2) is 5.16 Å². The normalized spacial score (nSPS) is 17.7. The molecule has 54 valence electrons. The molecule has 4 heteroatoms. The van der Waals surface area contributed by atoms with Gasteiger partial charge >= 0.3 is 5.63 Å². The highest BCUT2D eigenvalue weighted by Gasteiger charge is 2.28. The lowest BCUT2D eigenvalue weighted by atomic mass is 10.3. The third-order valence-electron chi connectivity index (χ3n) is 1.65. The minimum absolute atomic E-state index is 0.304. The lowest BCUT2D eigenvalue weighted by Gasteiger charge is -1.85. The Hall–Kier alpha value is -0.510. The van der Waals surface area contributed by atoms with Gasteiger partial charge in [0, 0.05) is 5.92 Å². The fraction of sp³-hybridized carbons (Fsp3) is 0.500. The quantitative estimate of drug-likeness (QED) is 0.755. The summed E-state index contributed by atoms with van der Waals surface area (Å²) in [6.07, 6.45) is 2.32. The summed E-state index contributed by atoms with van der Waals surface area (Å²) < 4.78 is 5.13. The van der Waals surface area contributed by atoms with Crippen molar-refractivity contribution in [3.8, 4) is 0 Å². The summed E-state index contributed by atoms with van der Waals surface area (Å²) in [5.74, 6) is 0.529. The van der Waals surface area contributed by atoms with Crippen molar-refractivity contribution in [1.29, 1.82) is 0 Å². The van der Waals surface area contributed by atoms with Crippen LogP contribution in [0.4, 0.5) is 0 Å². The van der Waals surface area contributed by atoms with E-state index in [1.807, 2.05) is 0 Å². The van der Waals surface area contributed by atoms with Crippen molar-refractivity contribution < 1.29 is 4.52 Å². The maximum atomic E-state index is 10.7. The second kappa shape index (κ2) is 1.99. The van der Waals surface area contributed by atoms with Gasteiger partial charge in [-0.1, -0.05) is 0 Å². The van der Waals surface area contributed by atoms with Crippen molar-refractivity contribution in [3.05, 3.63) is 20.6 Å². The van der Waals surface area contributed by atoms with Gasteiger partial charge in [-0.3, -0.25) is 0 Å². The Kier molecular flexibility index (Phi) is 1.23. The third kappa shape index (κ3) is 0.831. The van der Waals surface area contributed by atoms with Crippen LogP contribution in [0.2, 0.25) is 0 Å². The first-order chi connectivity index (χ1) is 4.79. The highest BCUT2D eigenvalue weighted by molar-refractivity contribution is 9.10. The average molecular weight is 204 g/mol. The largest absolute Gasteiger partial charge is 0.371 e. The van der Waals surface area contributed by atoms with Crippen molar-refractivity contribution in [2.24, 2.45) is 0 Å². The van der Waals surface area contributed by atoms with Gasteiger partial charge in [-0.15, -0.1) is 0 Å². The first-order valence-electron chi connectivity index (χ1n) is 3.16. The number of rotatable bonds is 1. The van der Waals surface area contributed by atoms with Gasteiger partial charge in [0.15, 0.2) is 0 Å². The zero-order valence-electron chi connectivity index (χ0n) is 5.19. The molecule has 10 heavy (non-hydrogen) atoms. The number of halogens is 1. The van der Waals surface area contributed by atoms with Crippen LogP contribution < -0.4 is 5.63 Å². The van der Waals surface area contributed by atoms with E-state index in [4.69, 9.17) is 0 Å². The van der Waals surface area contributed by atoms with E-state index >= 15 is 0 Å². The molecular weight excluding hydrogens is 198 g/mol.